The summed E-state index contributed by atoms with van der Waals surface area (Å²) in [6.07, 6.45) is 2.85. The lowest BCUT2D eigenvalue weighted by atomic mass is 9.85. The monoisotopic (exact) mass is 592 g/mol. The molecule has 3 aromatic heterocycles. The number of carbonyl (C=O) groups is 2. The summed E-state index contributed by atoms with van der Waals surface area (Å²) in [6, 6.07) is 13.5. The van der Waals surface area contributed by atoms with Crippen LogP contribution in [0.25, 0.3) is 33.2 Å². The molecule has 2 aliphatic rings. The summed E-state index contributed by atoms with van der Waals surface area (Å²) in [5, 5.41) is 11.9. The van der Waals surface area contributed by atoms with Gasteiger partial charge in [0.25, 0.3) is 5.56 Å². The van der Waals surface area contributed by atoms with E-state index in [0.717, 1.165) is 33.0 Å². The topological polar surface area (TPSA) is 139 Å². The summed E-state index contributed by atoms with van der Waals surface area (Å²) in [5.41, 5.74) is 10.4. The van der Waals surface area contributed by atoms with Crippen LogP contribution in [0.5, 0.6) is 5.75 Å². The third-order valence-electron chi connectivity index (χ3n) is 9.11. The number of hydrogen-bond acceptors (Lipinski definition) is 8. The number of nitrogens with two attached hydrogens (primary N) is 1. The number of nitrogens with zero attached hydrogens (tertiary/aromatic N) is 3. The molecule has 2 aromatic carbocycles. The number of aryl methyl sites for hydroxylation is 2. The Morgan fingerprint density at radius 3 is 2.70 bits per heavy atom. The average Bonchev–Trinajstić information content (AvgIpc) is 3.54. The lowest BCUT2D eigenvalue weighted by Crippen LogP contribution is -2.50. The van der Waals surface area contributed by atoms with E-state index in [1.807, 2.05) is 49.0 Å². The molecule has 0 unspecified atom stereocenters. The second-order valence-electron chi connectivity index (χ2n) is 11.6. The molecule has 3 N–H and O–H groups in total. The van der Waals surface area contributed by atoms with Crippen LogP contribution in [-0.2, 0) is 57.7 Å². The zero-order chi connectivity index (χ0) is 30.9. The standard InChI is InChI=1S/C34H32N4O6/c1-4-20-22-13-19(39)10-11-27(22)36-30-23(20)16-38-29(30)14-25-24(31(38)40)17-43-33(42)34(25,5-2)44-32(41)26(35)12-18-15-37(3)28-9-7-6-8-21(18)28/h6-11,13-15,26,39H,4-5,12,16-17,35H2,1-3H3/t26-,34+/m0/s1. The second-order valence-corrected chi connectivity index (χ2v) is 11.6. The first-order valence-corrected chi connectivity index (χ1v) is 14.8. The van der Waals surface area contributed by atoms with Crippen LogP contribution in [0, 0.1) is 0 Å². The van der Waals surface area contributed by atoms with Crippen LogP contribution in [-0.4, -0.2) is 37.2 Å². The maximum Gasteiger partial charge on any atom is 0.355 e. The average molecular weight is 593 g/mol. The highest BCUT2D eigenvalue weighted by molar-refractivity contribution is 5.91. The smallest absolute Gasteiger partial charge is 0.355 e. The number of fused-ring (bicyclic) bond motifs is 6. The zero-order valence-corrected chi connectivity index (χ0v) is 24.7. The van der Waals surface area contributed by atoms with Gasteiger partial charge in [0, 0.05) is 47.1 Å². The third kappa shape index (κ3) is 3.97. The number of carbonyl (C=O) groups excluding carboxylic acids is 2. The van der Waals surface area contributed by atoms with Gasteiger partial charge < -0.3 is 29.4 Å². The summed E-state index contributed by atoms with van der Waals surface area (Å²) in [4.78, 5) is 45.9. The van der Waals surface area contributed by atoms with Gasteiger partial charge in [0.15, 0.2) is 0 Å². The van der Waals surface area contributed by atoms with E-state index in [4.69, 9.17) is 20.2 Å². The van der Waals surface area contributed by atoms with Gasteiger partial charge in [0.2, 0.25) is 5.60 Å². The van der Waals surface area contributed by atoms with Crippen LogP contribution in [0.1, 0.15) is 48.1 Å². The maximum absolute atomic E-state index is 14.0. The number of pyridine rings is 2. The Morgan fingerprint density at radius 1 is 1.14 bits per heavy atom. The van der Waals surface area contributed by atoms with Crippen LogP contribution in [0.15, 0.2) is 59.5 Å². The minimum Gasteiger partial charge on any atom is -0.508 e. The highest BCUT2D eigenvalue weighted by Gasteiger charge is 2.51. The number of ether oxygens (including phenoxy) is 2. The van der Waals surface area contributed by atoms with E-state index in [1.165, 1.54) is 0 Å². The maximum atomic E-state index is 14.0. The van der Waals surface area contributed by atoms with Crippen molar-refractivity contribution in [2.24, 2.45) is 12.8 Å². The Bertz CT molecular complexity index is 2090. The largest absolute Gasteiger partial charge is 0.508 e. The molecule has 5 heterocycles. The Morgan fingerprint density at radius 2 is 1.93 bits per heavy atom. The van der Waals surface area contributed by atoms with Crippen molar-refractivity contribution >= 4 is 33.7 Å². The van der Waals surface area contributed by atoms with Crippen molar-refractivity contribution in [1.29, 1.82) is 0 Å². The van der Waals surface area contributed by atoms with E-state index in [9.17, 15) is 19.5 Å². The van der Waals surface area contributed by atoms with Crippen LogP contribution in [0.3, 0.4) is 0 Å². The van der Waals surface area contributed by atoms with Crippen molar-refractivity contribution in [3.8, 4) is 17.1 Å². The third-order valence-corrected chi connectivity index (χ3v) is 9.11. The van der Waals surface area contributed by atoms with Crippen LogP contribution in [0.4, 0.5) is 0 Å². The Hall–Kier alpha value is -4.96. The van der Waals surface area contributed by atoms with Crippen LogP contribution in [0.2, 0.25) is 0 Å². The molecule has 0 saturated heterocycles. The van der Waals surface area contributed by atoms with Gasteiger partial charge in [-0.2, -0.15) is 0 Å². The summed E-state index contributed by atoms with van der Waals surface area (Å²) in [7, 11) is 1.93. The molecule has 10 heteroatoms. The van der Waals surface area contributed by atoms with E-state index in [2.05, 4.69) is 0 Å². The van der Waals surface area contributed by atoms with Gasteiger partial charge in [0.1, 0.15) is 18.4 Å². The van der Waals surface area contributed by atoms with Crippen LogP contribution < -0.4 is 11.3 Å². The first-order valence-electron chi connectivity index (χ1n) is 14.8. The van der Waals surface area contributed by atoms with Gasteiger partial charge >= 0.3 is 11.9 Å². The number of benzene rings is 2. The van der Waals surface area contributed by atoms with Crippen molar-refractivity contribution < 1.29 is 24.2 Å². The summed E-state index contributed by atoms with van der Waals surface area (Å²) >= 11 is 0. The molecule has 0 radical (unpaired) electrons. The van der Waals surface area contributed by atoms with E-state index >= 15 is 0 Å². The van der Waals surface area contributed by atoms with Gasteiger partial charge in [0.05, 0.1) is 29.0 Å². The molecule has 0 amide bonds. The second kappa shape index (κ2) is 10.1. The summed E-state index contributed by atoms with van der Waals surface area (Å²) in [6.45, 7) is 3.80. The number of aromatic nitrogens is 3. The fraction of sp³-hybridized carbons (Fsp3) is 0.294. The molecule has 0 aliphatic carbocycles. The number of cyclic esters (lactones) is 1. The fourth-order valence-electron chi connectivity index (χ4n) is 6.87. The number of phenols is 1. The normalized spacial score (nSPS) is 17.7. The Balaban J connectivity index is 1.30. The molecule has 44 heavy (non-hydrogen) atoms. The Labute approximate surface area is 252 Å². The molecule has 10 nitrogen and oxygen atoms in total. The lowest BCUT2D eigenvalue weighted by molar-refractivity contribution is -0.190. The van der Waals surface area contributed by atoms with Gasteiger partial charge in [-0.15, -0.1) is 0 Å². The quantitative estimate of drug-likeness (QED) is 0.277. The van der Waals surface area contributed by atoms with E-state index < -0.39 is 23.6 Å². The SMILES string of the molecule is CCc1c2c(nc3ccc(O)cc13)-c1cc3c(c(=O)n1C2)COC(=O)[C@]3(CC)OC(=O)[C@@H](N)Cc1cn(C)c2ccccc12. The van der Waals surface area contributed by atoms with Crippen molar-refractivity contribution in [2.75, 3.05) is 0 Å². The molecule has 0 saturated carbocycles. The minimum atomic E-state index is -1.84. The number of para-hydroxylation sites is 1. The van der Waals surface area contributed by atoms with Crippen molar-refractivity contribution in [2.45, 2.75) is 57.9 Å². The minimum absolute atomic E-state index is 0.0476. The van der Waals surface area contributed by atoms with Crippen LogP contribution >= 0.6 is 0 Å². The number of esters is 2. The van der Waals surface area contributed by atoms with Gasteiger partial charge in [-0.1, -0.05) is 32.0 Å². The first-order chi connectivity index (χ1) is 21.2. The number of rotatable bonds is 6. The lowest BCUT2D eigenvalue weighted by Gasteiger charge is -2.36. The molecule has 5 aromatic rings. The molecule has 0 fully saturated rings. The predicted octanol–water partition coefficient (Wildman–Crippen LogP) is 3.96. The molecular weight excluding hydrogens is 560 g/mol. The number of aromatic hydroxyl groups is 1. The van der Waals surface area contributed by atoms with Crippen molar-refractivity contribution in [1.82, 2.24) is 14.1 Å². The predicted molar refractivity (Wildman–Crippen MR) is 164 cm³/mol. The first kappa shape index (κ1) is 27.8. The van der Waals surface area contributed by atoms with Gasteiger partial charge in [-0.3, -0.25) is 9.59 Å². The molecule has 224 valence electrons. The van der Waals surface area contributed by atoms with E-state index in [-0.39, 0.29) is 36.3 Å². The number of phenolic OH excluding ortho intramolecular Hbond substituents is 1. The molecule has 0 bridgehead atoms. The van der Waals surface area contributed by atoms with Gasteiger partial charge in [-0.05, 0) is 54.3 Å². The molecule has 7 rings (SSSR count). The van der Waals surface area contributed by atoms with Crippen molar-refractivity contribution in [3.05, 3.63) is 92.9 Å². The van der Waals surface area contributed by atoms with E-state index in [1.54, 1.807) is 35.8 Å². The molecule has 2 atom stereocenters. The highest BCUT2D eigenvalue weighted by atomic mass is 16.6. The van der Waals surface area contributed by atoms with E-state index in [0.29, 0.717) is 35.4 Å². The highest BCUT2D eigenvalue weighted by Crippen LogP contribution is 2.42. The van der Waals surface area contributed by atoms with Crippen molar-refractivity contribution in [3.63, 3.8) is 0 Å². The Kier molecular flexibility index (Phi) is 6.36. The summed E-state index contributed by atoms with van der Waals surface area (Å²) < 4.78 is 15.1. The van der Waals surface area contributed by atoms with Gasteiger partial charge in [-0.25, -0.2) is 9.78 Å². The summed E-state index contributed by atoms with van der Waals surface area (Å²) in [5.74, 6) is -1.36. The molecular formula is C34H32N4O6. The number of hydrogen-bond donors (Lipinski definition) is 2. The molecule has 2 aliphatic heterocycles. The fourth-order valence-corrected chi connectivity index (χ4v) is 6.87. The zero-order valence-electron chi connectivity index (χ0n) is 24.7. The molecule has 0 spiro atoms.